The second-order valence-electron chi connectivity index (χ2n) is 3.35. The van der Waals surface area contributed by atoms with Gasteiger partial charge in [0.25, 0.3) is 0 Å². The van der Waals surface area contributed by atoms with Crippen molar-refractivity contribution in [2.75, 3.05) is 0 Å². The van der Waals surface area contributed by atoms with E-state index in [0.717, 1.165) is 23.5 Å². The molecule has 4 nitrogen and oxygen atoms in total. The number of imidazole rings is 1. The zero-order valence-electron chi connectivity index (χ0n) is 8.64. The highest BCUT2D eigenvalue weighted by Gasteiger charge is 2.07. The predicted octanol–water partition coefficient (Wildman–Crippen LogP) is 1.70. The highest BCUT2D eigenvalue weighted by molar-refractivity contribution is 5.80. The van der Waals surface area contributed by atoms with Crippen LogP contribution >= 0.6 is 0 Å². The molecule has 0 aliphatic carbocycles. The molecule has 76 valence electrons. The molecule has 0 spiro atoms. The smallest absolute Gasteiger partial charge is 0.152 e. The molecule has 2 aromatic heterocycles. The summed E-state index contributed by atoms with van der Waals surface area (Å²) in [6.45, 7) is 3.81. The molecule has 0 aliphatic heterocycles. The molecular formula is C11H11N3O. The standard InChI is InChI=1S/C11H11N3O/c1-8-6-14(9(2)13-8)11-5-12-4-3-10(11)7-15/h3-7H,1-2H3. The number of carbonyl (C=O) groups is 1. The Kier molecular flexibility index (Phi) is 2.33. The second kappa shape index (κ2) is 3.65. The highest BCUT2D eigenvalue weighted by Crippen LogP contribution is 2.14. The zero-order valence-corrected chi connectivity index (χ0v) is 8.64. The van der Waals surface area contributed by atoms with Crippen LogP contribution in [0.15, 0.2) is 24.7 Å². The molecule has 0 N–H and O–H groups in total. The van der Waals surface area contributed by atoms with Crippen LogP contribution < -0.4 is 0 Å². The van der Waals surface area contributed by atoms with E-state index in [0.29, 0.717) is 5.56 Å². The molecule has 0 aromatic carbocycles. The molecule has 15 heavy (non-hydrogen) atoms. The van der Waals surface area contributed by atoms with Crippen LogP contribution in [0.25, 0.3) is 5.69 Å². The second-order valence-corrected chi connectivity index (χ2v) is 3.35. The lowest BCUT2D eigenvalue weighted by atomic mass is 10.2. The van der Waals surface area contributed by atoms with E-state index in [-0.39, 0.29) is 0 Å². The van der Waals surface area contributed by atoms with E-state index >= 15 is 0 Å². The van der Waals surface area contributed by atoms with Crippen molar-refractivity contribution in [2.45, 2.75) is 13.8 Å². The van der Waals surface area contributed by atoms with Crippen molar-refractivity contribution in [3.8, 4) is 5.69 Å². The number of aryl methyl sites for hydroxylation is 2. The lowest BCUT2D eigenvalue weighted by Gasteiger charge is -2.06. The molecule has 0 saturated carbocycles. The highest BCUT2D eigenvalue weighted by atomic mass is 16.1. The van der Waals surface area contributed by atoms with Gasteiger partial charge in [-0.25, -0.2) is 4.98 Å². The largest absolute Gasteiger partial charge is 0.301 e. The van der Waals surface area contributed by atoms with Gasteiger partial charge in [-0.3, -0.25) is 9.78 Å². The lowest BCUT2D eigenvalue weighted by molar-refractivity contribution is 0.112. The normalized spacial score (nSPS) is 10.3. The van der Waals surface area contributed by atoms with Crippen molar-refractivity contribution in [1.29, 1.82) is 0 Å². The fourth-order valence-electron chi connectivity index (χ4n) is 1.56. The molecule has 2 rings (SSSR count). The molecule has 2 aromatic rings. The van der Waals surface area contributed by atoms with E-state index in [1.807, 2.05) is 24.6 Å². The maximum absolute atomic E-state index is 10.9. The molecule has 2 heterocycles. The fourth-order valence-corrected chi connectivity index (χ4v) is 1.56. The number of carbonyl (C=O) groups excluding carboxylic acids is 1. The molecule has 4 heteroatoms. The van der Waals surface area contributed by atoms with Gasteiger partial charge < -0.3 is 4.57 Å². The number of aromatic nitrogens is 3. The number of pyridine rings is 1. The van der Waals surface area contributed by atoms with Gasteiger partial charge in [0, 0.05) is 18.0 Å². The maximum atomic E-state index is 10.9. The lowest BCUT2D eigenvalue weighted by Crippen LogP contribution is -2.00. The summed E-state index contributed by atoms with van der Waals surface area (Å²) >= 11 is 0. The van der Waals surface area contributed by atoms with E-state index in [4.69, 9.17) is 0 Å². The first-order chi connectivity index (χ1) is 7.22. The number of nitrogens with zero attached hydrogens (tertiary/aromatic N) is 3. The van der Waals surface area contributed by atoms with Crippen LogP contribution in [-0.2, 0) is 0 Å². The van der Waals surface area contributed by atoms with Gasteiger partial charge in [0.15, 0.2) is 6.29 Å². The molecule has 0 atom stereocenters. The monoisotopic (exact) mass is 201 g/mol. The maximum Gasteiger partial charge on any atom is 0.152 e. The summed E-state index contributed by atoms with van der Waals surface area (Å²) in [5, 5.41) is 0. The third-order valence-electron chi connectivity index (χ3n) is 2.22. The fraction of sp³-hybridized carbons (Fsp3) is 0.182. The van der Waals surface area contributed by atoms with Gasteiger partial charge in [0.05, 0.1) is 17.6 Å². The van der Waals surface area contributed by atoms with E-state index in [1.165, 1.54) is 0 Å². The predicted molar refractivity (Wildman–Crippen MR) is 56.2 cm³/mol. The van der Waals surface area contributed by atoms with Crippen LogP contribution in [0, 0.1) is 13.8 Å². The summed E-state index contributed by atoms with van der Waals surface area (Å²) in [5.74, 6) is 0.851. The molecule has 0 bridgehead atoms. The Balaban J connectivity index is 2.63. The minimum atomic E-state index is 0.616. The van der Waals surface area contributed by atoms with Gasteiger partial charge in [0.1, 0.15) is 5.82 Å². The van der Waals surface area contributed by atoms with Crippen molar-refractivity contribution in [2.24, 2.45) is 0 Å². The molecule has 0 aliphatic rings. The van der Waals surface area contributed by atoms with E-state index < -0.39 is 0 Å². The van der Waals surface area contributed by atoms with Crippen molar-refractivity contribution in [3.63, 3.8) is 0 Å². The first-order valence-corrected chi connectivity index (χ1v) is 4.64. The number of aldehydes is 1. The summed E-state index contributed by atoms with van der Waals surface area (Å²) in [7, 11) is 0. The van der Waals surface area contributed by atoms with Gasteiger partial charge in [0.2, 0.25) is 0 Å². The Hall–Kier alpha value is -1.97. The summed E-state index contributed by atoms with van der Waals surface area (Å²) < 4.78 is 1.87. The Labute approximate surface area is 87.6 Å². The van der Waals surface area contributed by atoms with Crippen LogP contribution in [0.2, 0.25) is 0 Å². The van der Waals surface area contributed by atoms with Gasteiger partial charge >= 0.3 is 0 Å². The molecule has 0 unspecified atom stereocenters. The summed E-state index contributed by atoms with van der Waals surface area (Å²) in [6.07, 6.45) is 5.98. The van der Waals surface area contributed by atoms with Gasteiger partial charge in [-0.2, -0.15) is 0 Å². The Morgan fingerprint density at radius 2 is 2.20 bits per heavy atom. The Bertz CT molecular complexity index is 502. The first-order valence-electron chi connectivity index (χ1n) is 4.64. The third-order valence-corrected chi connectivity index (χ3v) is 2.22. The SMILES string of the molecule is Cc1cn(-c2cnccc2C=O)c(C)n1. The van der Waals surface area contributed by atoms with Gasteiger partial charge in [-0.05, 0) is 19.9 Å². The Morgan fingerprint density at radius 1 is 1.40 bits per heavy atom. The third kappa shape index (κ3) is 1.66. The van der Waals surface area contributed by atoms with Crippen molar-refractivity contribution >= 4 is 6.29 Å². The summed E-state index contributed by atoms with van der Waals surface area (Å²) in [4.78, 5) is 19.2. The summed E-state index contributed by atoms with van der Waals surface area (Å²) in [6, 6.07) is 1.69. The minimum Gasteiger partial charge on any atom is -0.301 e. The molecule has 0 radical (unpaired) electrons. The van der Waals surface area contributed by atoms with Crippen molar-refractivity contribution in [3.05, 3.63) is 41.7 Å². The number of hydrogen-bond donors (Lipinski definition) is 0. The van der Waals surface area contributed by atoms with Gasteiger partial charge in [-0.15, -0.1) is 0 Å². The van der Waals surface area contributed by atoms with Crippen LogP contribution in [0.5, 0.6) is 0 Å². The van der Waals surface area contributed by atoms with E-state index in [9.17, 15) is 4.79 Å². The number of hydrogen-bond acceptors (Lipinski definition) is 3. The average Bonchev–Trinajstić information content (AvgIpc) is 2.57. The number of rotatable bonds is 2. The molecular weight excluding hydrogens is 190 g/mol. The topological polar surface area (TPSA) is 47.8 Å². The molecule has 0 amide bonds. The van der Waals surface area contributed by atoms with Crippen LogP contribution in [0.4, 0.5) is 0 Å². The van der Waals surface area contributed by atoms with Crippen LogP contribution in [0.3, 0.4) is 0 Å². The Morgan fingerprint density at radius 3 is 2.80 bits per heavy atom. The van der Waals surface area contributed by atoms with Gasteiger partial charge in [-0.1, -0.05) is 0 Å². The van der Waals surface area contributed by atoms with E-state index in [2.05, 4.69) is 9.97 Å². The minimum absolute atomic E-state index is 0.616. The van der Waals surface area contributed by atoms with Crippen LogP contribution in [0.1, 0.15) is 21.9 Å². The first kappa shape index (κ1) is 9.58. The van der Waals surface area contributed by atoms with Crippen molar-refractivity contribution in [1.82, 2.24) is 14.5 Å². The van der Waals surface area contributed by atoms with Crippen molar-refractivity contribution < 1.29 is 4.79 Å². The average molecular weight is 201 g/mol. The zero-order chi connectivity index (χ0) is 10.8. The summed E-state index contributed by atoms with van der Waals surface area (Å²) in [5.41, 5.74) is 2.31. The van der Waals surface area contributed by atoms with E-state index in [1.54, 1.807) is 18.5 Å². The molecule has 0 fully saturated rings. The quantitative estimate of drug-likeness (QED) is 0.695. The van der Waals surface area contributed by atoms with Crippen LogP contribution in [-0.4, -0.2) is 20.8 Å². The molecule has 0 saturated heterocycles.